The fourth-order valence-electron chi connectivity index (χ4n) is 4.47. The van der Waals surface area contributed by atoms with Crippen LogP contribution in [0.2, 0.25) is 0 Å². The van der Waals surface area contributed by atoms with Gasteiger partial charge >= 0.3 is 10.2 Å². The van der Waals surface area contributed by atoms with E-state index in [1.54, 1.807) is 12.4 Å². The quantitative estimate of drug-likeness (QED) is 0.353. The van der Waals surface area contributed by atoms with Crippen LogP contribution in [-0.2, 0) is 19.8 Å². The summed E-state index contributed by atoms with van der Waals surface area (Å²) in [5.41, 5.74) is 6.05. The zero-order valence-electron chi connectivity index (χ0n) is 22.1. The van der Waals surface area contributed by atoms with Crippen molar-refractivity contribution in [2.45, 2.75) is 25.3 Å². The molecule has 204 valence electrons. The van der Waals surface area contributed by atoms with Gasteiger partial charge in [0, 0.05) is 45.8 Å². The number of nitrogens with one attached hydrogen (secondary N) is 1. The lowest BCUT2D eigenvalue weighted by Gasteiger charge is -2.22. The number of amides is 2. The Kier molecular flexibility index (Phi) is 7.67. The maximum absolute atomic E-state index is 13.4. The van der Waals surface area contributed by atoms with Gasteiger partial charge in [0.05, 0.1) is 22.8 Å². The Hall–Kier alpha value is -4.48. The smallest absolute Gasteiger partial charge is 0.274 e. The number of carbonyl (C=O) groups excluding carboxylic acids is 2. The summed E-state index contributed by atoms with van der Waals surface area (Å²) in [7, 11) is -1.32. The fraction of sp³-hybridized carbons (Fsp3) is 0.207. The number of nitrogens with zero attached hydrogens (tertiary/aromatic N) is 5. The van der Waals surface area contributed by atoms with Gasteiger partial charge in [-0.25, -0.2) is 9.73 Å². The van der Waals surface area contributed by atoms with Crippen LogP contribution in [0.4, 0.5) is 0 Å². The molecule has 0 aliphatic carbocycles. The number of carbonyl (C=O) groups is 2. The lowest BCUT2D eigenvalue weighted by atomic mass is 9.96. The second-order valence-corrected chi connectivity index (χ2v) is 11.5. The minimum Gasteiger partial charge on any atom is -0.274 e. The maximum atomic E-state index is 13.4. The Bertz CT molecular complexity index is 1690. The molecule has 1 aliphatic rings. The average Bonchev–Trinajstić information content (AvgIpc) is 3.42. The van der Waals surface area contributed by atoms with Gasteiger partial charge in [-0.05, 0) is 34.4 Å². The van der Waals surface area contributed by atoms with E-state index >= 15 is 0 Å². The lowest BCUT2D eigenvalue weighted by Crippen LogP contribution is -2.39. The van der Waals surface area contributed by atoms with Gasteiger partial charge in [-0.1, -0.05) is 60.7 Å². The molecule has 0 bridgehead atoms. The summed E-state index contributed by atoms with van der Waals surface area (Å²) in [5, 5.41) is 6.08. The predicted molar refractivity (Wildman–Crippen MR) is 152 cm³/mol. The Morgan fingerprint density at radius 3 is 2.23 bits per heavy atom. The number of hydrogen-bond acceptors (Lipinski definition) is 7. The minimum atomic E-state index is -3.94. The lowest BCUT2D eigenvalue weighted by molar-refractivity contribution is -0.134. The van der Waals surface area contributed by atoms with E-state index in [0.29, 0.717) is 11.9 Å². The van der Waals surface area contributed by atoms with Gasteiger partial charge < -0.3 is 0 Å². The first-order valence-electron chi connectivity index (χ1n) is 12.7. The molecule has 0 fully saturated rings. The Morgan fingerprint density at radius 2 is 1.52 bits per heavy atom. The van der Waals surface area contributed by atoms with E-state index in [9.17, 15) is 18.0 Å². The summed E-state index contributed by atoms with van der Waals surface area (Å²) in [6.45, 7) is 0. The van der Waals surface area contributed by atoms with Gasteiger partial charge in [0.25, 0.3) is 0 Å². The number of fused-ring (bicyclic) bond motifs is 1. The van der Waals surface area contributed by atoms with E-state index in [4.69, 9.17) is 0 Å². The summed E-state index contributed by atoms with van der Waals surface area (Å²) >= 11 is 0. The SMILES string of the molecule is CN(C)S(=O)(=O)NC(=O)CCC(=O)N1N=C(c2ccc(-c3ccccc3)cc2)CC1c1ccc2nccnc2c1. The highest BCUT2D eigenvalue weighted by Gasteiger charge is 2.33. The molecule has 4 aromatic rings. The maximum Gasteiger partial charge on any atom is 0.303 e. The molecule has 0 radical (unpaired) electrons. The third-order valence-corrected chi connectivity index (χ3v) is 8.11. The van der Waals surface area contributed by atoms with Gasteiger partial charge in [-0.15, -0.1) is 0 Å². The number of hydrogen-bond donors (Lipinski definition) is 1. The molecule has 1 N–H and O–H groups in total. The highest BCUT2D eigenvalue weighted by Crippen LogP contribution is 2.35. The summed E-state index contributed by atoms with van der Waals surface area (Å²) < 4.78 is 26.8. The molecule has 0 saturated heterocycles. The largest absolute Gasteiger partial charge is 0.303 e. The molecule has 0 saturated carbocycles. The average molecular weight is 557 g/mol. The Morgan fingerprint density at radius 1 is 0.875 bits per heavy atom. The highest BCUT2D eigenvalue weighted by atomic mass is 32.2. The minimum absolute atomic E-state index is 0.206. The summed E-state index contributed by atoms with van der Waals surface area (Å²) in [5.74, 6) is -1.16. The van der Waals surface area contributed by atoms with Crippen LogP contribution in [0.25, 0.3) is 22.2 Å². The Balaban J connectivity index is 1.40. The summed E-state index contributed by atoms with van der Waals surface area (Å²) in [4.78, 5) is 34.3. The van der Waals surface area contributed by atoms with Crippen LogP contribution in [0.5, 0.6) is 0 Å². The van der Waals surface area contributed by atoms with E-state index in [1.807, 2.05) is 77.5 Å². The fourth-order valence-corrected chi connectivity index (χ4v) is 5.04. The normalized spacial score (nSPS) is 15.3. The molecule has 5 rings (SSSR count). The molecular formula is C29H28N6O4S. The number of hydrazone groups is 1. The van der Waals surface area contributed by atoms with Crippen molar-refractivity contribution in [1.82, 2.24) is 24.0 Å². The van der Waals surface area contributed by atoms with E-state index < -0.39 is 28.1 Å². The van der Waals surface area contributed by atoms with Gasteiger partial charge in [0.2, 0.25) is 11.8 Å². The van der Waals surface area contributed by atoms with Crippen LogP contribution in [-0.4, -0.2) is 59.3 Å². The van der Waals surface area contributed by atoms with Crippen LogP contribution in [0, 0.1) is 0 Å². The van der Waals surface area contributed by atoms with Crippen LogP contribution in [0.1, 0.15) is 36.4 Å². The topological polar surface area (TPSA) is 125 Å². The van der Waals surface area contributed by atoms with Gasteiger partial charge in [0.15, 0.2) is 0 Å². The monoisotopic (exact) mass is 556 g/mol. The second kappa shape index (κ2) is 11.3. The molecule has 1 aromatic heterocycles. The zero-order valence-corrected chi connectivity index (χ0v) is 22.9. The number of rotatable bonds is 8. The van der Waals surface area contributed by atoms with E-state index in [1.165, 1.54) is 19.1 Å². The zero-order chi connectivity index (χ0) is 28.3. The van der Waals surface area contributed by atoms with E-state index in [0.717, 1.165) is 37.8 Å². The molecule has 3 aromatic carbocycles. The van der Waals surface area contributed by atoms with Crippen molar-refractivity contribution in [1.29, 1.82) is 0 Å². The first-order valence-corrected chi connectivity index (χ1v) is 14.1. The van der Waals surface area contributed by atoms with Gasteiger partial charge in [-0.3, -0.25) is 19.6 Å². The van der Waals surface area contributed by atoms with Crippen LogP contribution in [0.3, 0.4) is 0 Å². The van der Waals surface area contributed by atoms with Crippen molar-refractivity contribution in [3.8, 4) is 11.1 Å². The molecule has 2 amide bonds. The van der Waals surface area contributed by atoms with Crippen molar-refractivity contribution >= 4 is 38.8 Å². The number of benzene rings is 3. The molecule has 1 atom stereocenters. The third kappa shape index (κ3) is 5.90. The van der Waals surface area contributed by atoms with Crippen molar-refractivity contribution in [2.75, 3.05) is 14.1 Å². The highest BCUT2D eigenvalue weighted by molar-refractivity contribution is 7.87. The van der Waals surface area contributed by atoms with Gasteiger partial charge in [0.1, 0.15) is 0 Å². The van der Waals surface area contributed by atoms with Crippen molar-refractivity contribution < 1.29 is 18.0 Å². The van der Waals surface area contributed by atoms with E-state index in [2.05, 4.69) is 15.1 Å². The molecule has 0 spiro atoms. The molecule has 1 unspecified atom stereocenters. The van der Waals surface area contributed by atoms with Crippen molar-refractivity contribution in [3.63, 3.8) is 0 Å². The first kappa shape index (κ1) is 27.1. The van der Waals surface area contributed by atoms with Crippen LogP contribution < -0.4 is 4.72 Å². The molecule has 10 nitrogen and oxygen atoms in total. The summed E-state index contributed by atoms with van der Waals surface area (Å²) in [6.07, 6.45) is 3.19. The van der Waals surface area contributed by atoms with Crippen LogP contribution >= 0.6 is 0 Å². The number of aromatic nitrogens is 2. The molecular weight excluding hydrogens is 528 g/mol. The first-order chi connectivity index (χ1) is 19.2. The standard InChI is InChI=1S/C29H28N6O4S/c1-34(2)40(38,39)33-28(36)14-15-29(37)35-27(23-12-13-24-26(18-23)31-17-16-30-24)19-25(32-35)22-10-8-21(9-11-22)20-6-4-3-5-7-20/h3-13,16-18,27H,14-15,19H2,1-2H3,(H,33,36). The summed E-state index contributed by atoms with van der Waals surface area (Å²) in [6, 6.07) is 23.3. The van der Waals surface area contributed by atoms with Gasteiger partial charge in [-0.2, -0.15) is 17.8 Å². The second-order valence-electron chi connectivity index (χ2n) is 9.57. The third-order valence-electron chi connectivity index (χ3n) is 6.66. The van der Waals surface area contributed by atoms with Crippen molar-refractivity contribution in [2.24, 2.45) is 5.10 Å². The Labute approximate surface area is 232 Å². The van der Waals surface area contributed by atoms with Crippen LogP contribution in [0.15, 0.2) is 90.3 Å². The molecule has 1 aliphatic heterocycles. The molecule has 2 heterocycles. The molecule has 40 heavy (non-hydrogen) atoms. The van der Waals surface area contributed by atoms with E-state index in [-0.39, 0.29) is 12.8 Å². The predicted octanol–water partition coefficient (Wildman–Crippen LogP) is 3.68. The van der Waals surface area contributed by atoms with Crippen molar-refractivity contribution in [3.05, 3.63) is 96.3 Å². The molecule has 11 heteroatoms.